The van der Waals surface area contributed by atoms with E-state index in [1.165, 1.54) is 0 Å². The van der Waals surface area contributed by atoms with Gasteiger partial charge in [-0.25, -0.2) is 0 Å². The van der Waals surface area contributed by atoms with Crippen LogP contribution in [-0.2, 0) is 9.53 Å². The summed E-state index contributed by atoms with van der Waals surface area (Å²) in [5, 5.41) is 0. The van der Waals surface area contributed by atoms with E-state index in [4.69, 9.17) is 4.74 Å². The van der Waals surface area contributed by atoms with E-state index in [1.807, 2.05) is 27.7 Å². The fourth-order valence-corrected chi connectivity index (χ4v) is 0.348. The first-order valence-electron chi connectivity index (χ1n) is 3.15. The molecule has 0 unspecified atom stereocenters. The van der Waals surface area contributed by atoms with Gasteiger partial charge in [-0.1, -0.05) is 7.43 Å². The molecule has 0 saturated carbocycles. The van der Waals surface area contributed by atoms with Crippen LogP contribution in [0.2, 0.25) is 0 Å². The quantitative estimate of drug-likeness (QED) is 0.530. The third-order valence-corrected chi connectivity index (χ3v) is 0.888. The van der Waals surface area contributed by atoms with E-state index >= 15 is 0 Å². The molecule has 0 N–H and O–H groups in total. The molecule has 10 heavy (non-hydrogen) atoms. The summed E-state index contributed by atoms with van der Waals surface area (Å²) in [7, 11) is 0. The second kappa shape index (κ2) is 4.31. The Hall–Kier alpha value is -0.530. The Morgan fingerprint density at radius 2 is 1.80 bits per heavy atom. The minimum atomic E-state index is -0.351. The minimum absolute atomic E-state index is 0. The number of esters is 1. The summed E-state index contributed by atoms with van der Waals surface area (Å²) in [6.45, 7) is 7.79. The first kappa shape index (κ1) is 12.2. The van der Waals surface area contributed by atoms with Crippen molar-refractivity contribution in [1.29, 1.82) is 0 Å². The Kier molecular flexibility index (Phi) is 5.25. The largest absolute Gasteiger partial charge is 0.466 e. The fourth-order valence-electron chi connectivity index (χ4n) is 0.348. The van der Waals surface area contributed by atoms with Crippen molar-refractivity contribution >= 4 is 5.97 Å². The smallest absolute Gasteiger partial charge is 0.311 e. The van der Waals surface area contributed by atoms with Gasteiger partial charge in [0.2, 0.25) is 0 Å². The maximum absolute atomic E-state index is 10.8. The van der Waals surface area contributed by atoms with Crippen molar-refractivity contribution < 1.29 is 9.53 Å². The van der Waals surface area contributed by atoms with E-state index in [2.05, 4.69) is 0 Å². The Balaban J connectivity index is 0. The summed E-state index contributed by atoms with van der Waals surface area (Å²) in [6.07, 6.45) is 0. The average Bonchev–Trinajstić information content (AvgIpc) is 1.64. The molecule has 2 heteroatoms. The number of carbonyl (C=O) groups excluding carboxylic acids is 1. The van der Waals surface area contributed by atoms with E-state index in [0.717, 1.165) is 0 Å². The summed E-state index contributed by atoms with van der Waals surface area (Å²) in [6, 6.07) is 0. The summed E-state index contributed by atoms with van der Waals surface area (Å²) >= 11 is 0. The standard InChI is InChI=1S/C7H14O2.CH4/c1-5-9-6(8)7(2,3)4;/h5H2,1-4H3;1H4. The molecule has 0 heterocycles. The second-order valence-electron chi connectivity index (χ2n) is 2.97. The van der Waals surface area contributed by atoms with E-state index in [9.17, 15) is 4.79 Å². The molecule has 0 amide bonds. The number of rotatable bonds is 1. The van der Waals surface area contributed by atoms with E-state index < -0.39 is 0 Å². The van der Waals surface area contributed by atoms with Crippen LogP contribution in [0.1, 0.15) is 35.1 Å². The highest BCUT2D eigenvalue weighted by Gasteiger charge is 2.21. The van der Waals surface area contributed by atoms with Crippen LogP contribution in [0.5, 0.6) is 0 Å². The molecule has 0 aromatic heterocycles. The predicted molar refractivity (Wildman–Crippen MR) is 42.8 cm³/mol. The van der Waals surface area contributed by atoms with Crippen LogP contribution in [-0.4, -0.2) is 12.6 Å². The number of hydrogen-bond donors (Lipinski definition) is 0. The molecule has 2 nitrogen and oxygen atoms in total. The highest BCUT2D eigenvalue weighted by atomic mass is 16.5. The molecule has 62 valence electrons. The van der Waals surface area contributed by atoms with Gasteiger partial charge in [0.25, 0.3) is 0 Å². The molecule has 0 aliphatic carbocycles. The van der Waals surface area contributed by atoms with E-state index in [1.54, 1.807) is 0 Å². The predicted octanol–water partition coefficient (Wildman–Crippen LogP) is 2.23. The molecule has 0 aromatic carbocycles. The lowest BCUT2D eigenvalue weighted by molar-refractivity contribution is -0.152. The Bertz CT molecular complexity index is 100. The van der Waals surface area contributed by atoms with Crippen LogP contribution in [0, 0.1) is 5.41 Å². The SMILES string of the molecule is C.CCOC(=O)C(C)(C)C. The second-order valence-corrected chi connectivity index (χ2v) is 2.97. The molecule has 0 aliphatic rings. The van der Waals surface area contributed by atoms with Crippen LogP contribution < -0.4 is 0 Å². The highest BCUT2D eigenvalue weighted by Crippen LogP contribution is 2.14. The van der Waals surface area contributed by atoms with Gasteiger partial charge in [0, 0.05) is 0 Å². The maximum atomic E-state index is 10.8. The van der Waals surface area contributed by atoms with E-state index in [0.29, 0.717) is 6.61 Å². The third-order valence-electron chi connectivity index (χ3n) is 0.888. The van der Waals surface area contributed by atoms with Gasteiger partial charge in [-0.3, -0.25) is 4.79 Å². The van der Waals surface area contributed by atoms with Crippen LogP contribution in [0.4, 0.5) is 0 Å². The normalized spacial score (nSPS) is 10.0. The van der Waals surface area contributed by atoms with Crippen molar-refractivity contribution in [3.63, 3.8) is 0 Å². The zero-order valence-electron chi connectivity index (χ0n) is 6.52. The molecule has 0 rings (SSSR count). The van der Waals surface area contributed by atoms with Crippen LogP contribution >= 0.6 is 0 Å². The first-order chi connectivity index (χ1) is 3.98. The van der Waals surface area contributed by atoms with Gasteiger partial charge < -0.3 is 4.74 Å². The number of ether oxygens (including phenoxy) is 1. The summed E-state index contributed by atoms with van der Waals surface area (Å²) in [4.78, 5) is 10.8. The monoisotopic (exact) mass is 146 g/mol. The summed E-state index contributed by atoms with van der Waals surface area (Å²) in [5.41, 5.74) is -0.351. The Morgan fingerprint density at radius 3 is 1.90 bits per heavy atom. The molecule has 0 saturated heterocycles. The third kappa shape index (κ3) is 4.36. The van der Waals surface area contributed by atoms with E-state index in [-0.39, 0.29) is 18.8 Å². The van der Waals surface area contributed by atoms with Gasteiger partial charge in [-0.05, 0) is 27.7 Å². The van der Waals surface area contributed by atoms with Crippen molar-refractivity contribution in [1.82, 2.24) is 0 Å². The van der Waals surface area contributed by atoms with Gasteiger partial charge in [0.15, 0.2) is 0 Å². The highest BCUT2D eigenvalue weighted by molar-refractivity contribution is 5.75. The average molecular weight is 146 g/mol. The van der Waals surface area contributed by atoms with Crippen LogP contribution in [0.3, 0.4) is 0 Å². The molecule has 0 aliphatic heterocycles. The Labute approximate surface area is 63.6 Å². The number of hydrogen-bond acceptors (Lipinski definition) is 2. The van der Waals surface area contributed by atoms with Gasteiger partial charge in [-0.15, -0.1) is 0 Å². The van der Waals surface area contributed by atoms with Crippen molar-refractivity contribution in [2.24, 2.45) is 5.41 Å². The zero-order chi connectivity index (χ0) is 7.49. The van der Waals surface area contributed by atoms with Crippen LogP contribution in [0.15, 0.2) is 0 Å². The van der Waals surface area contributed by atoms with Crippen molar-refractivity contribution in [2.75, 3.05) is 6.61 Å². The van der Waals surface area contributed by atoms with Gasteiger partial charge >= 0.3 is 5.97 Å². The molecule has 0 aromatic rings. The van der Waals surface area contributed by atoms with Gasteiger partial charge in [0.05, 0.1) is 12.0 Å². The van der Waals surface area contributed by atoms with Gasteiger partial charge in [-0.2, -0.15) is 0 Å². The molecule has 0 spiro atoms. The lowest BCUT2D eigenvalue weighted by atomic mass is 9.97. The molecule has 0 bridgehead atoms. The number of carbonyl (C=O) groups is 1. The summed E-state index contributed by atoms with van der Waals surface area (Å²) < 4.78 is 4.77. The fraction of sp³-hybridized carbons (Fsp3) is 0.875. The molecule has 0 atom stereocenters. The van der Waals surface area contributed by atoms with Crippen molar-refractivity contribution in [3.05, 3.63) is 0 Å². The molecule has 0 radical (unpaired) electrons. The summed E-state index contributed by atoms with van der Waals surface area (Å²) in [5.74, 6) is -0.134. The molecular formula is C8H18O2. The minimum Gasteiger partial charge on any atom is -0.466 e. The first-order valence-corrected chi connectivity index (χ1v) is 3.15. The molecular weight excluding hydrogens is 128 g/mol. The van der Waals surface area contributed by atoms with Crippen molar-refractivity contribution in [2.45, 2.75) is 35.1 Å². The maximum Gasteiger partial charge on any atom is 0.311 e. The topological polar surface area (TPSA) is 26.3 Å². The zero-order valence-corrected chi connectivity index (χ0v) is 6.52. The lowest BCUT2D eigenvalue weighted by Gasteiger charge is -2.14. The Morgan fingerprint density at radius 1 is 1.40 bits per heavy atom. The van der Waals surface area contributed by atoms with Crippen molar-refractivity contribution in [3.8, 4) is 0 Å². The lowest BCUT2D eigenvalue weighted by Crippen LogP contribution is -2.22. The van der Waals surface area contributed by atoms with Crippen LogP contribution in [0.25, 0.3) is 0 Å². The molecule has 0 fully saturated rings. The van der Waals surface area contributed by atoms with Gasteiger partial charge in [0.1, 0.15) is 0 Å².